The molecule has 2 aliphatic carbocycles. The van der Waals surface area contributed by atoms with Crippen molar-refractivity contribution in [3.63, 3.8) is 0 Å². The average molecular weight is 461 g/mol. The Morgan fingerprint density at radius 1 is 0.647 bits per heavy atom. The third-order valence-corrected chi connectivity index (χ3v) is 7.16. The lowest BCUT2D eigenvalue weighted by molar-refractivity contribution is 0.0478. The number of halogens is 2. The summed E-state index contributed by atoms with van der Waals surface area (Å²) < 4.78 is 25.5. The SMILES string of the molecule is NC1CC(c2ccc(F)cc2)C1.O=C1c2ccccc2C(=O)N1C1CC(c2ccc(F)cc2)C1. The summed E-state index contributed by atoms with van der Waals surface area (Å²) in [6.45, 7) is 0. The summed E-state index contributed by atoms with van der Waals surface area (Å²) in [5.41, 5.74) is 8.94. The first-order valence-corrected chi connectivity index (χ1v) is 11.6. The van der Waals surface area contributed by atoms with Gasteiger partial charge in [0.25, 0.3) is 11.8 Å². The lowest BCUT2D eigenvalue weighted by Crippen LogP contribution is -2.46. The van der Waals surface area contributed by atoms with Crippen LogP contribution in [0.4, 0.5) is 8.78 Å². The Morgan fingerprint density at radius 2 is 1.06 bits per heavy atom. The number of carbonyl (C=O) groups excluding carboxylic acids is 2. The minimum atomic E-state index is -0.250. The molecule has 2 amide bonds. The lowest BCUT2D eigenvalue weighted by atomic mass is 9.75. The van der Waals surface area contributed by atoms with Crippen molar-refractivity contribution in [2.75, 3.05) is 0 Å². The fourth-order valence-electron chi connectivity index (χ4n) is 5.01. The third-order valence-electron chi connectivity index (χ3n) is 7.16. The predicted molar refractivity (Wildman–Crippen MR) is 125 cm³/mol. The van der Waals surface area contributed by atoms with Gasteiger partial charge < -0.3 is 5.73 Å². The van der Waals surface area contributed by atoms with Crippen LogP contribution in [0.3, 0.4) is 0 Å². The Bertz CT molecular complexity index is 1160. The Kier molecular flexibility index (Phi) is 6.00. The molecule has 174 valence electrons. The zero-order valence-corrected chi connectivity index (χ0v) is 18.7. The summed E-state index contributed by atoms with van der Waals surface area (Å²) in [4.78, 5) is 26.2. The molecule has 3 aromatic carbocycles. The molecule has 2 N–H and O–H groups in total. The number of hydrogen-bond donors (Lipinski definition) is 1. The molecule has 1 aliphatic heterocycles. The molecule has 0 saturated heterocycles. The van der Waals surface area contributed by atoms with Gasteiger partial charge in [-0.05, 0) is 85.0 Å². The van der Waals surface area contributed by atoms with E-state index in [-0.39, 0.29) is 35.4 Å². The Hall–Kier alpha value is -3.38. The predicted octanol–water partition coefficient (Wildman–Crippen LogP) is 5.40. The van der Waals surface area contributed by atoms with Crippen molar-refractivity contribution in [2.24, 2.45) is 5.73 Å². The summed E-state index contributed by atoms with van der Waals surface area (Å²) in [7, 11) is 0. The molecule has 6 rings (SSSR count). The van der Waals surface area contributed by atoms with Crippen LogP contribution in [0.25, 0.3) is 0 Å². The van der Waals surface area contributed by atoms with Crippen LogP contribution in [-0.4, -0.2) is 28.8 Å². The number of carbonyl (C=O) groups is 2. The van der Waals surface area contributed by atoms with Crippen LogP contribution in [0.2, 0.25) is 0 Å². The standard InChI is InChI=1S/C18H14FNO2.C10H12FN/c19-13-7-5-11(6-8-13)12-9-14(10-12)20-17(21)15-3-1-2-4-16(15)18(20)22;11-9-3-1-7(2-4-9)8-5-10(12)6-8/h1-8,12,14H,9-10H2;1-4,8,10H,5-6,12H2. The highest BCUT2D eigenvalue weighted by Gasteiger charge is 2.45. The van der Waals surface area contributed by atoms with Gasteiger partial charge in [0.15, 0.2) is 0 Å². The zero-order chi connectivity index (χ0) is 23.8. The van der Waals surface area contributed by atoms with Crippen LogP contribution in [0, 0.1) is 11.6 Å². The first-order valence-electron chi connectivity index (χ1n) is 11.6. The van der Waals surface area contributed by atoms with Crippen molar-refractivity contribution in [1.29, 1.82) is 0 Å². The molecule has 2 saturated carbocycles. The fourth-order valence-corrected chi connectivity index (χ4v) is 5.01. The Balaban J connectivity index is 0.000000169. The van der Waals surface area contributed by atoms with E-state index in [0.717, 1.165) is 31.2 Å². The maximum absolute atomic E-state index is 13.0. The summed E-state index contributed by atoms with van der Waals surface area (Å²) in [5.74, 6) is 0.0594. The van der Waals surface area contributed by atoms with Crippen LogP contribution in [-0.2, 0) is 0 Å². The van der Waals surface area contributed by atoms with Gasteiger partial charge in [-0.15, -0.1) is 0 Å². The Morgan fingerprint density at radius 3 is 1.47 bits per heavy atom. The van der Waals surface area contributed by atoms with Gasteiger partial charge in [0, 0.05) is 12.1 Å². The molecule has 3 aromatic rings. The highest BCUT2D eigenvalue weighted by molar-refractivity contribution is 6.21. The summed E-state index contributed by atoms with van der Waals surface area (Å²) in [6.07, 6.45) is 3.59. The van der Waals surface area contributed by atoms with E-state index < -0.39 is 0 Å². The van der Waals surface area contributed by atoms with Gasteiger partial charge in [-0.3, -0.25) is 14.5 Å². The maximum Gasteiger partial charge on any atom is 0.261 e. The van der Waals surface area contributed by atoms with E-state index in [9.17, 15) is 18.4 Å². The van der Waals surface area contributed by atoms with Crippen LogP contribution >= 0.6 is 0 Å². The van der Waals surface area contributed by atoms with Gasteiger partial charge in [0.2, 0.25) is 0 Å². The minimum absolute atomic E-state index is 0.0533. The van der Waals surface area contributed by atoms with Crippen molar-refractivity contribution in [3.8, 4) is 0 Å². The number of fused-ring (bicyclic) bond motifs is 1. The van der Waals surface area contributed by atoms with Crippen LogP contribution in [0.1, 0.15) is 69.4 Å². The quantitative estimate of drug-likeness (QED) is 0.533. The molecule has 3 aliphatic rings. The number of rotatable bonds is 3. The highest BCUT2D eigenvalue weighted by Crippen LogP contribution is 2.42. The maximum atomic E-state index is 13.0. The molecule has 0 bridgehead atoms. The third kappa shape index (κ3) is 4.26. The number of hydrogen-bond acceptors (Lipinski definition) is 3. The lowest BCUT2D eigenvalue weighted by Gasteiger charge is -2.40. The zero-order valence-electron chi connectivity index (χ0n) is 18.7. The summed E-state index contributed by atoms with van der Waals surface area (Å²) in [6, 6.07) is 20.4. The van der Waals surface area contributed by atoms with E-state index in [2.05, 4.69) is 0 Å². The normalized spacial score (nSPS) is 25.1. The van der Waals surface area contributed by atoms with Crippen molar-refractivity contribution in [1.82, 2.24) is 4.90 Å². The van der Waals surface area contributed by atoms with Gasteiger partial charge in [0.05, 0.1) is 11.1 Å². The number of benzene rings is 3. The van der Waals surface area contributed by atoms with E-state index in [0.29, 0.717) is 23.1 Å². The number of amides is 2. The second kappa shape index (κ2) is 9.11. The van der Waals surface area contributed by atoms with E-state index in [1.165, 1.54) is 34.7 Å². The van der Waals surface area contributed by atoms with Crippen molar-refractivity contribution in [3.05, 3.63) is 107 Å². The van der Waals surface area contributed by atoms with Gasteiger partial charge in [-0.2, -0.15) is 0 Å². The highest BCUT2D eigenvalue weighted by atomic mass is 19.1. The minimum Gasteiger partial charge on any atom is -0.328 e. The summed E-state index contributed by atoms with van der Waals surface area (Å²) >= 11 is 0. The molecule has 0 unspecified atom stereocenters. The number of nitrogens with two attached hydrogens (primary N) is 1. The monoisotopic (exact) mass is 460 g/mol. The van der Waals surface area contributed by atoms with Crippen molar-refractivity contribution in [2.45, 2.75) is 49.6 Å². The second-order valence-electron chi connectivity index (χ2n) is 9.38. The largest absolute Gasteiger partial charge is 0.328 e. The molecular formula is C28H26F2N2O2. The van der Waals surface area contributed by atoms with Gasteiger partial charge in [-0.25, -0.2) is 8.78 Å². The summed E-state index contributed by atoms with van der Waals surface area (Å²) in [5, 5.41) is 0. The molecule has 0 atom stereocenters. The van der Waals surface area contributed by atoms with Gasteiger partial charge in [0.1, 0.15) is 11.6 Å². The molecule has 0 aromatic heterocycles. The molecule has 4 nitrogen and oxygen atoms in total. The van der Waals surface area contributed by atoms with E-state index >= 15 is 0 Å². The molecule has 2 fully saturated rings. The number of imide groups is 1. The molecule has 0 spiro atoms. The number of nitrogens with zero attached hydrogens (tertiary/aromatic N) is 1. The van der Waals surface area contributed by atoms with Crippen LogP contribution < -0.4 is 5.73 Å². The molecule has 6 heteroatoms. The van der Waals surface area contributed by atoms with Gasteiger partial charge in [-0.1, -0.05) is 36.4 Å². The first-order chi connectivity index (χ1) is 16.4. The van der Waals surface area contributed by atoms with Crippen LogP contribution in [0.15, 0.2) is 72.8 Å². The smallest absolute Gasteiger partial charge is 0.261 e. The average Bonchev–Trinajstić information content (AvgIpc) is 3.04. The first kappa shape index (κ1) is 22.4. The molecular weight excluding hydrogens is 434 g/mol. The van der Waals surface area contributed by atoms with E-state index in [1.54, 1.807) is 36.4 Å². The van der Waals surface area contributed by atoms with Crippen molar-refractivity contribution >= 4 is 11.8 Å². The van der Waals surface area contributed by atoms with E-state index in [1.807, 2.05) is 12.1 Å². The molecule has 0 radical (unpaired) electrons. The van der Waals surface area contributed by atoms with Gasteiger partial charge >= 0.3 is 0 Å². The van der Waals surface area contributed by atoms with Crippen LogP contribution in [0.5, 0.6) is 0 Å². The molecule has 34 heavy (non-hydrogen) atoms. The van der Waals surface area contributed by atoms with Crippen molar-refractivity contribution < 1.29 is 18.4 Å². The van der Waals surface area contributed by atoms with E-state index in [4.69, 9.17) is 5.73 Å². The Labute approximate surface area is 197 Å². The topological polar surface area (TPSA) is 63.4 Å². The molecule has 1 heterocycles. The second-order valence-corrected chi connectivity index (χ2v) is 9.38. The fraction of sp³-hybridized carbons (Fsp3) is 0.286.